The van der Waals surface area contributed by atoms with E-state index in [0.717, 1.165) is 50.3 Å². The van der Waals surface area contributed by atoms with Crippen LogP contribution in [-0.4, -0.2) is 55.5 Å². The van der Waals surface area contributed by atoms with Crippen molar-refractivity contribution in [1.29, 1.82) is 0 Å². The molecule has 1 aliphatic heterocycles. The number of piperidine rings is 1. The zero-order valence-corrected chi connectivity index (χ0v) is 15.5. The molecule has 2 N–H and O–H groups in total. The Morgan fingerprint density at radius 3 is 2.44 bits per heavy atom. The van der Waals surface area contributed by atoms with Crippen molar-refractivity contribution in [2.75, 3.05) is 26.2 Å². The number of nitrogens with zero attached hydrogens (tertiary/aromatic N) is 2. The van der Waals surface area contributed by atoms with E-state index in [0.29, 0.717) is 12.1 Å². The Kier molecular flexibility index (Phi) is 6.91. The molecular weight excluding hydrogens is 322 g/mol. The van der Waals surface area contributed by atoms with Crippen LogP contribution in [0.15, 0.2) is 4.99 Å². The number of likely N-dealkylation sites (tertiary alicyclic amines) is 1. The highest BCUT2D eigenvalue weighted by Crippen LogP contribution is 2.44. The van der Waals surface area contributed by atoms with Gasteiger partial charge in [0, 0.05) is 31.7 Å². The number of guanidine groups is 1. The molecule has 2 unspecified atom stereocenters. The zero-order valence-electron chi connectivity index (χ0n) is 15.5. The van der Waals surface area contributed by atoms with E-state index in [4.69, 9.17) is 0 Å². The van der Waals surface area contributed by atoms with Crippen LogP contribution in [0.25, 0.3) is 0 Å². The highest BCUT2D eigenvalue weighted by Gasteiger charge is 2.43. The van der Waals surface area contributed by atoms with E-state index >= 15 is 0 Å². The lowest BCUT2D eigenvalue weighted by Crippen LogP contribution is -2.50. The predicted octanol–water partition coefficient (Wildman–Crippen LogP) is 3.24. The molecule has 1 saturated heterocycles. The lowest BCUT2D eigenvalue weighted by molar-refractivity contribution is 0.0744. The molecule has 0 radical (unpaired) electrons. The number of hydrogen-bond acceptors (Lipinski definition) is 2. The van der Waals surface area contributed by atoms with E-state index in [2.05, 4.69) is 22.5 Å². The van der Waals surface area contributed by atoms with E-state index in [1.165, 1.54) is 38.5 Å². The van der Waals surface area contributed by atoms with Crippen LogP contribution in [0.5, 0.6) is 0 Å². The second kappa shape index (κ2) is 9.15. The van der Waals surface area contributed by atoms with Crippen molar-refractivity contribution >= 4 is 5.96 Å². The molecule has 3 fully saturated rings. The molecule has 0 aromatic carbocycles. The highest BCUT2D eigenvalue weighted by atomic mass is 19.3. The molecule has 25 heavy (non-hydrogen) atoms. The summed E-state index contributed by atoms with van der Waals surface area (Å²) in [5.74, 6) is 2.67. The van der Waals surface area contributed by atoms with Gasteiger partial charge in [-0.1, -0.05) is 32.1 Å². The van der Waals surface area contributed by atoms with E-state index in [9.17, 15) is 8.78 Å². The molecule has 0 aromatic heterocycles. The van der Waals surface area contributed by atoms with Gasteiger partial charge in [0.2, 0.25) is 0 Å². The molecule has 6 heteroatoms. The van der Waals surface area contributed by atoms with Crippen molar-refractivity contribution in [2.24, 2.45) is 16.8 Å². The van der Waals surface area contributed by atoms with Crippen molar-refractivity contribution in [3.05, 3.63) is 0 Å². The fraction of sp³-hybridized carbons (Fsp3) is 0.947. The Labute approximate surface area is 150 Å². The van der Waals surface area contributed by atoms with Gasteiger partial charge in [0.05, 0.1) is 6.54 Å². The summed E-state index contributed by atoms with van der Waals surface area (Å²) < 4.78 is 25.0. The smallest absolute Gasteiger partial charge is 0.251 e. The Hall–Kier alpha value is -0.910. The van der Waals surface area contributed by atoms with Gasteiger partial charge in [-0.25, -0.2) is 8.78 Å². The van der Waals surface area contributed by atoms with Gasteiger partial charge in [-0.15, -0.1) is 0 Å². The summed E-state index contributed by atoms with van der Waals surface area (Å²) in [5, 5.41) is 7.19. The molecule has 2 saturated carbocycles. The first kappa shape index (κ1) is 18.9. The third kappa shape index (κ3) is 5.80. The lowest BCUT2D eigenvalue weighted by atomic mass is 9.85. The third-order valence-corrected chi connectivity index (χ3v) is 6.06. The molecule has 3 aliphatic rings. The van der Waals surface area contributed by atoms with E-state index < -0.39 is 6.43 Å². The van der Waals surface area contributed by atoms with Gasteiger partial charge in [0.1, 0.15) is 0 Å². The molecule has 4 nitrogen and oxygen atoms in total. The maximum Gasteiger partial charge on any atom is 0.251 e. The summed E-state index contributed by atoms with van der Waals surface area (Å²) in [7, 11) is 0. The normalized spacial score (nSPS) is 29.8. The van der Waals surface area contributed by atoms with Crippen LogP contribution in [0, 0.1) is 11.8 Å². The van der Waals surface area contributed by atoms with Crippen LogP contribution in [-0.2, 0) is 0 Å². The summed E-state index contributed by atoms with van der Waals surface area (Å²) in [4.78, 5) is 6.47. The van der Waals surface area contributed by atoms with Gasteiger partial charge in [-0.2, -0.15) is 0 Å². The van der Waals surface area contributed by atoms with Gasteiger partial charge in [-0.3, -0.25) is 9.89 Å². The molecule has 0 bridgehead atoms. The minimum absolute atomic E-state index is 0.0913. The Balaban J connectivity index is 1.41. The van der Waals surface area contributed by atoms with E-state index in [1.807, 2.05) is 4.90 Å². The Bertz CT molecular complexity index is 429. The molecule has 0 aromatic rings. The highest BCUT2D eigenvalue weighted by molar-refractivity contribution is 5.80. The maximum atomic E-state index is 12.5. The van der Waals surface area contributed by atoms with Gasteiger partial charge >= 0.3 is 0 Å². The number of aliphatic imine (C=N–C) groups is 1. The standard InChI is InChI=1S/C19H34F2N4/c1-2-22-19(23-15-8-10-25(11-9-15)13-18(20)21)24-17-12-16(17)14-6-4-3-5-7-14/h14-18H,2-13H2,1H3,(H2,22,23,24). The number of hydrogen-bond donors (Lipinski definition) is 2. The fourth-order valence-corrected chi connectivity index (χ4v) is 4.58. The monoisotopic (exact) mass is 356 g/mol. The maximum absolute atomic E-state index is 12.5. The quantitative estimate of drug-likeness (QED) is 0.567. The first-order valence-corrected chi connectivity index (χ1v) is 10.2. The zero-order chi connectivity index (χ0) is 17.6. The van der Waals surface area contributed by atoms with Gasteiger partial charge in [0.15, 0.2) is 5.96 Å². The molecule has 1 heterocycles. The Morgan fingerprint density at radius 1 is 1.08 bits per heavy atom. The first-order chi connectivity index (χ1) is 12.2. The minimum Gasteiger partial charge on any atom is -0.354 e. The van der Waals surface area contributed by atoms with Crippen LogP contribution in [0.4, 0.5) is 8.78 Å². The fourth-order valence-electron chi connectivity index (χ4n) is 4.58. The molecule has 144 valence electrons. The number of alkyl halides is 2. The minimum atomic E-state index is -2.23. The van der Waals surface area contributed by atoms with E-state index in [1.54, 1.807) is 0 Å². The van der Waals surface area contributed by atoms with Gasteiger partial charge in [0.25, 0.3) is 6.43 Å². The molecular formula is C19H34F2N4. The van der Waals surface area contributed by atoms with E-state index in [-0.39, 0.29) is 6.54 Å². The third-order valence-electron chi connectivity index (χ3n) is 6.06. The van der Waals surface area contributed by atoms with Crippen LogP contribution in [0.2, 0.25) is 0 Å². The van der Waals surface area contributed by atoms with Gasteiger partial charge < -0.3 is 10.6 Å². The average molecular weight is 357 g/mol. The largest absolute Gasteiger partial charge is 0.354 e. The summed E-state index contributed by atoms with van der Waals surface area (Å²) >= 11 is 0. The second-order valence-electron chi connectivity index (χ2n) is 7.98. The van der Waals surface area contributed by atoms with Crippen molar-refractivity contribution in [3.63, 3.8) is 0 Å². The number of halogens is 2. The summed E-state index contributed by atoms with van der Waals surface area (Å²) in [6.45, 7) is 4.22. The SMILES string of the molecule is CCN=C(NC1CCN(CC(F)F)CC1)NC1CC1C1CCCCC1. The predicted molar refractivity (Wildman–Crippen MR) is 98.2 cm³/mol. The van der Waals surface area contributed by atoms with Crippen LogP contribution >= 0.6 is 0 Å². The molecule has 0 spiro atoms. The van der Waals surface area contributed by atoms with Crippen molar-refractivity contribution in [3.8, 4) is 0 Å². The molecule has 2 aliphatic carbocycles. The van der Waals surface area contributed by atoms with Crippen LogP contribution < -0.4 is 10.6 Å². The van der Waals surface area contributed by atoms with Gasteiger partial charge in [-0.05, 0) is 38.0 Å². The number of rotatable bonds is 6. The topological polar surface area (TPSA) is 39.7 Å². The molecule has 2 atom stereocenters. The van der Waals surface area contributed by atoms with Crippen molar-refractivity contribution < 1.29 is 8.78 Å². The molecule has 0 amide bonds. The summed E-state index contributed by atoms with van der Waals surface area (Å²) in [6.07, 6.45) is 7.89. The second-order valence-corrected chi connectivity index (χ2v) is 7.98. The van der Waals surface area contributed by atoms with Crippen molar-refractivity contribution in [1.82, 2.24) is 15.5 Å². The summed E-state index contributed by atoms with van der Waals surface area (Å²) in [5.41, 5.74) is 0. The molecule has 3 rings (SSSR count). The lowest BCUT2D eigenvalue weighted by Gasteiger charge is -2.33. The number of nitrogens with one attached hydrogen (secondary N) is 2. The Morgan fingerprint density at radius 2 is 1.80 bits per heavy atom. The van der Waals surface area contributed by atoms with Crippen LogP contribution in [0.3, 0.4) is 0 Å². The summed E-state index contributed by atoms with van der Waals surface area (Å²) in [6, 6.07) is 0.929. The van der Waals surface area contributed by atoms with Crippen molar-refractivity contribution in [2.45, 2.75) is 76.8 Å². The average Bonchev–Trinajstić information content (AvgIpc) is 3.36. The van der Waals surface area contributed by atoms with Crippen LogP contribution in [0.1, 0.15) is 58.3 Å². The first-order valence-electron chi connectivity index (χ1n) is 10.2.